The Labute approximate surface area is 81.8 Å². The Balaban J connectivity index is 2.12. The minimum Gasteiger partial charge on any atom is -0.380 e. The van der Waals surface area contributed by atoms with Crippen molar-refractivity contribution in [3.05, 3.63) is 0 Å². The zero-order chi connectivity index (χ0) is 10.7. The summed E-state index contributed by atoms with van der Waals surface area (Å²) in [5, 5.41) is 2.52. The molecule has 1 rings (SSSR count). The minimum absolute atomic E-state index is 0.199. The Morgan fingerprint density at radius 1 is 1.29 bits per heavy atom. The highest BCUT2D eigenvalue weighted by Crippen LogP contribution is 2.48. The highest BCUT2D eigenvalue weighted by molar-refractivity contribution is 5.07. The molecule has 1 aliphatic rings. The van der Waals surface area contributed by atoms with Gasteiger partial charge >= 0.3 is 6.18 Å². The van der Waals surface area contributed by atoms with Crippen molar-refractivity contribution in [3.8, 4) is 0 Å². The molecule has 0 saturated heterocycles. The van der Waals surface area contributed by atoms with Crippen molar-refractivity contribution in [1.82, 2.24) is 5.32 Å². The van der Waals surface area contributed by atoms with E-state index in [9.17, 15) is 13.2 Å². The van der Waals surface area contributed by atoms with E-state index >= 15 is 0 Å². The molecule has 0 heterocycles. The number of hydrogen-bond acceptors (Lipinski definition) is 2. The SMILES string of the molecule is CCCOCCNC1(C(F)(F)F)CC1. The maximum Gasteiger partial charge on any atom is 0.406 e. The van der Waals surface area contributed by atoms with Gasteiger partial charge in [-0.2, -0.15) is 13.2 Å². The molecule has 0 unspecified atom stereocenters. The molecular weight excluding hydrogens is 195 g/mol. The molecule has 14 heavy (non-hydrogen) atoms. The topological polar surface area (TPSA) is 21.3 Å². The average Bonchev–Trinajstić information content (AvgIpc) is 2.84. The first-order chi connectivity index (χ1) is 6.52. The minimum atomic E-state index is -4.11. The number of alkyl halides is 3. The van der Waals surface area contributed by atoms with Crippen molar-refractivity contribution < 1.29 is 17.9 Å². The standard InChI is InChI=1S/C9H16F3NO/c1-2-6-14-7-5-13-8(3-4-8)9(10,11)12/h13H,2-7H2,1H3. The van der Waals surface area contributed by atoms with Crippen LogP contribution in [0.15, 0.2) is 0 Å². The van der Waals surface area contributed by atoms with E-state index in [4.69, 9.17) is 4.74 Å². The maximum atomic E-state index is 12.4. The predicted molar refractivity (Wildman–Crippen MR) is 47.1 cm³/mol. The molecule has 0 aromatic heterocycles. The molecule has 0 aromatic carbocycles. The lowest BCUT2D eigenvalue weighted by atomic mass is 10.2. The molecule has 1 aliphatic carbocycles. The third-order valence-corrected chi connectivity index (χ3v) is 2.35. The van der Waals surface area contributed by atoms with Crippen LogP contribution in [0, 0.1) is 0 Å². The summed E-state index contributed by atoms with van der Waals surface area (Å²) in [6, 6.07) is 0. The largest absolute Gasteiger partial charge is 0.406 e. The lowest BCUT2D eigenvalue weighted by Crippen LogP contribution is -2.46. The van der Waals surface area contributed by atoms with Crippen LogP contribution >= 0.6 is 0 Å². The summed E-state index contributed by atoms with van der Waals surface area (Å²) < 4.78 is 42.2. The molecule has 0 aliphatic heterocycles. The number of ether oxygens (including phenoxy) is 1. The molecule has 1 N–H and O–H groups in total. The summed E-state index contributed by atoms with van der Waals surface area (Å²) in [6.07, 6.45) is -2.82. The molecule has 0 aromatic rings. The molecule has 0 bridgehead atoms. The fourth-order valence-corrected chi connectivity index (χ4v) is 1.29. The van der Waals surface area contributed by atoms with Gasteiger partial charge in [-0.3, -0.25) is 0 Å². The van der Waals surface area contributed by atoms with E-state index < -0.39 is 11.7 Å². The van der Waals surface area contributed by atoms with Crippen LogP contribution < -0.4 is 5.32 Å². The second-order valence-electron chi connectivity index (χ2n) is 3.62. The highest BCUT2D eigenvalue weighted by atomic mass is 19.4. The third kappa shape index (κ3) is 2.85. The third-order valence-electron chi connectivity index (χ3n) is 2.35. The monoisotopic (exact) mass is 211 g/mol. The zero-order valence-electron chi connectivity index (χ0n) is 8.28. The van der Waals surface area contributed by atoms with E-state index in [0.29, 0.717) is 13.2 Å². The van der Waals surface area contributed by atoms with Crippen molar-refractivity contribution in [3.63, 3.8) is 0 Å². The summed E-state index contributed by atoms with van der Waals surface area (Å²) in [7, 11) is 0. The van der Waals surface area contributed by atoms with Gasteiger partial charge in [0.15, 0.2) is 0 Å². The number of halogens is 3. The first-order valence-electron chi connectivity index (χ1n) is 4.91. The van der Waals surface area contributed by atoms with E-state index in [2.05, 4.69) is 5.32 Å². The normalized spacial score (nSPS) is 19.7. The van der Waals surface area contributed by atoms with Gasteiger partial charge in [-0.1, -0.05) is 6.92 Å². The predicted octanol–water partition coefficient (Wildman–Crippen LogP) is 2.10. The van der Waals surface area contributed by atoms with Gasteiger partial charge in [0.1, 0.15) is 5.54 Å². The van der Waals surface area contributed by atoms with Crippen LogP contribution in [0.5, 0.6) is 0 Å². The van der Waals surface area contributed by atoms with Crippen LogP contribution in [0.2, 0.25) is 0 Å². The molecule has 1 saturated carbocycles. The van der Waals surface area contributed by atoms with Crippen molar-refractivity contribution in [1.29, 1.82) is 0 Å². The molecule has 1 fully saturated rings. The Kier molecular flexibility index (Phi) is 3.78. The lowest BCUT2D eigenvalue weighted by Gasteiger charge is -2.20. The van der Waals surface area contributed by atoms with Gasteiger partial charge in [0.05, 0.1) is 6.61 Å². The molecule has 0 spiro atoms. The highest BCUT2D eigenvalue weighted by Gasteiger charge is 2.62. The van der Waals surface area contributed by atoms with E-state index in [0.717, 1.165) is 6.42 Å². The Morgan fingerprint density at radius 2 is 1.93 bits per heavy atom. The second-order valence-corrected chi connectivity index (χ2v) is 3.62. The van der Waals surface area contributed by atoms with Gasteiger partial charge in [-0.05, 0) is 19.3 Å². The number of rotatable bonds is 6. The van der Waals surface area contributed by atoms with Gasteiger partial charge < -0.3 is 10.1 Å². The number of hydrogen-bond donors (Lipinski definition) is 1. The summed E-state index contributed by atoms with van der Waals surface area (Å²) in [6.45, 7) is 3.21. The van der Waals surface area contributed by atoms with Gasteiger partial charge in [-0.15, -0.1) is 0 Å². The van der Waals surface area contributed by atoms with Crippen LogP contribution in [-0.4, -0.2) is 31.5 Å². The quantitative estimate of drug-likeness (QED) is 0.679. The van der Waals surface area contributed by atoms with Crippen LogP contribution in [0.3, 0.4) is 0 Å². The van der Waals surface area contributed by atoms with Crippen molar-refractivity contribution in [2.24, 2.45) is 0 Å². The molecule has 5 heteroatoms. The second kappa shape index (κ2) is 4.49. The van der Waals surface area contributed by atoms with Gasteiger partial charge in [0, 0.05) is 13.2 Å². The molecule has 0 amide bonds. The van der Waals surface area contributed by atoms with Crippen molar-refractivity contribution in [2.45, 2.75) is 37.9 Å². The van der Waals surface area contributed by atoms with E-state index in [1.807, 2.05) is 6.92 Å². The van der Waals surface area contributed by atoms with Gasteiger partial charge in [0.2, 0.25) is 0 Å². The summed E-state index contributed by atoms with van der Waals surface area (Å²) >= 11 is 0. The van der Waals surface area contributed by atoms with E-state index in [1.165, 1.54) is 0 Å². The molecule has 0 atom stereocenters. The van der Waals surface area contributed by atoms with Crippen LogP contribution in [0.1, 0.15) is 26.2 Å². The maximum absolute atomic E-state index is 12.4. The summed E-state index contributed by atoms with van der Waals surface area (Å²) in [5.41, 5.74) is -1.59. The molecule has 2 nitrogen and oxygen atoms in total. The summed E-state index contributed by atoms with van der Waals surface area (Å²) in [4.78, 5) is 0. The Morgan fingerprint density at radius 3 is 2.36 bits per heavy atom. The smallest absolute Gasteiger partial charge is 0.380 e. The van der Waals surface area contributed by atoms with Crippen LogP contribution in [0.4, 0.5) is 13.2 Å². The lowest BCUT2D eigenvalue weighted by molar-refractivity contribution is -0.166. The molecule has 84 valence electrons. The average molecular weight is 211 g/mol. The Bertz CT molecular complexity index is 177. The van der Waals surface area contributed by atoms with Gasteiger partial charge in [0.25, 0.3) is 0 Å². The summed E-state index contributed by atoms with van der Waals surface area (Å²) in [5.74, 6) is 0. The fourth-order valence-electron chi connectivity index (χ4n) is 1.29. The van der Waals surface area contributed by atoms with Gasteiger partial charge in [-0.25, -0.2) is 0 Å². The first-order valence-corrected chi connectivity index (χ1v) is 4.91. The number of nitrogens with one attached hydrogen (secondary N) is 1. The van der Waals surface area contributed by atoms with E-state index in [1.54, 1.807) is 0 Å². The van der Waals surface area contributed by atoms with Crippen molar-refractivity contribution >= 4 is 0 Å². The molecule has 0 radical (unpaired) electrons. The van der Waals surface area contributed by atoms with Crippen LogP contribution in [0.25, 0.3) is 0 Å². The zero-order valence-corrected chi connectivity index (χ0v) is 8.28. The van der Waals surface area contributed by atoms with E-state index in [-0.39, 0.29) is 19.4 Å². The Hall–Kier alpha value is -0.290. The molecular formula is C9H16F3NO. The fraction of sp³-hybridized carbons (Fsp3) is 1.00. The first kappa shape index (κ1) is 11.8. The van der Waals surface area contributed by atoms with Crippen LogP contribution in [-0.2, 0) is 4.74 Å². The van der Waals surface area contributed by atoms with Crippen molar-refractivity contribution in [2.75, 3.05) is 19.8 Å².